The maximum absolute atomic E-state index is 13.5. The molecule has 0 radical (unpaired) electrons. The summed E-state index contributed by atoms with van der Waals surface area (Å²) in [6, 6.07) is 14.9. The van der Waals surface area contributed by atoms with Gasteiger partial charge in [0.05, 0.1) is 16.8 Å². The fraction of sp³-hybridized carbons (Fsp3) is 0.182. The Labute approximate surface area is 175 Å². The van der Waals surface area contributed by atoms with Gasteiger partial charge < -0.3 is 4.74 Å². The summed E-state index contributed by atoms with van der Waals surface area (Å²) in [5.74, 6) is 0.659. The number of ether oxygens (including phenoxy) is 1. The van der Waals surface area contributed by atoms with Crippen molar-refractivity contribution in [2.45, 2.75) is 24.7 Å². The van der Waals surface area contributed by atoms with E-state index in [0.29, 0.717) is 17.1 Å². The number of nitriles is 1. The van der Waals surface area contributed by atoms with E-state index in [0.717, 1.165) is 23.4 Å². The number of pyridine rings is 1. The Morgan fingerprint density at radius 3 is 2.30 bits per heavy atom. The van der Waals surface area contributed by atoms with Crippen LogP contribution in [0.1, 0.15) is 23.6 Å². The lowest BCUT2D eigenvalue weighted by molar-refractivity contribution is -0.138. The third kappa shape index (κ3) is 5.10. The van der Waals surface area contributed by atoms with Crippen LogP contribution in [-0.2, 0) is 12.8 Å². The molecule has 0 saturated carbocycles. The second kappa shape index (κ2) is 9.18. The van der Waals surface area contributed by atoms with Crippen LogP contribution < -0.4 is 4.74 Å². The average molecular weight is 432 g/mol. The molecule has 154 valence electrons. The van der Waals surface area contributed by atoms with Crippen molar-refractivity contribution in [2.75, 3.05) is 5.75 Å². The van der Waals surface area contributed by atoms with Crippen LogP contribution in [0, 0.1) is 17.1 Å². The number of rotatable bonds is 6. The fourth-order valence-corrected chi connectivity index (χ4v) is 3.45. The number of benzene rings is 2. The van der Waals surface area contributed by atoms with Crippen molar-refractivity contribution in [3.8, 4) is 23.1 Å². The Kier molecular flexibility index (Phi) is 6.63. The van der Waals surface area contributed by atoms with Gasteiger partial charge in [0, 0.05) is 5.56 Å². The van der Waals surface area contributed by atoms with Crippen molar-refractivity contribution in [2.24, 2.45) is 0 Å². The van der Waals surface area contributed by atoms with E-state index < -0.39 is 17.3 Å². The average Bonchev–Trinajstić information content (AvgIpc) is 2.73. The SMILES string of the molecule is CCSc1nc(-c2ccc(OCc3ccc(F)cc3)cc2)cc(C(F)(F)F)c1C#N. The lowest BCUT2D eigenvalue weighted by Gasteiger charge is -2.14. The Morgan fingerprint density at radius 1 is 1.07 bits per heavy atom. The summed E-state index contributed by atoms with van der Waals surface area (Å²) < 4.78 is 59.0. The van der Waals surface area contributed by atoms with Gasteiger partial charge >= 0.3 is 6.18 Å². The Bertz CT molecular complexity index is 1060. The standard InChI is InChI=1S/C22H16F4N2OS/c1-2-30-21-18(12-27)19(22(24,25)26)11-20(28-21)15-5-9-17(10-6-15)29-13-14-3-7-16(23)8-4-14/h3-11H,2,13H2,1H3. The van der Waals surface area contributed by atoms with E-state index in [4.69, 9.17) is 4.74 Å². The van der Waals surface area contributed by atoms with Crippen molar-refractivity contribution in [3.05, 3.63) is 77.1 Å². The highest BCUT2D eigenvalue weighted by atomic mass is 32.2. The molecule has 3 nitrogen and oxygen atoms in total. The summed E-state index contributed by atoms with van der Waals surface area (Å²) in [6.07, 6.45) is -4.66. The molecule has 3 rings (SSSR count). The van der Waals surface area contributed by atoms with Gasteiger partial charge in [-0.15, -0.1) is 11.8 Å². The summed E-state index contributed by atoms with van der Waals surface area (Å²) in [7, 11) is 0. The zero-order valence-corrected chi connectivity index (χ0v) is 16.6. The molecule has 0 bridgehead atoms. The minimum absolute atomic E-state index is 0.0569. The van der Waals surface area contributed by atoms with E-state index in [1.165, 1.54) is 12.1 Å². The van der Waals surface area contributed by atoms with Crippen LogP contribution in [0.4, 0.5) is 17.6 Å². The molecule has 0 fully saturated rings. The van der Waals surface area contributed by atoms with Crippen LogP contribution in [-0.4, -0.2) is 10.7 Å². The summed E-state index contributed by atoms with van der Waals surface area (Å²) in [5, 5.41) is 9.27. The molecule has 0 atom stereocenters. The first-order valence-electron chi connectivity index (χ1n) is 8.94. The van der Waals surface area contributed by atoms with Gasteiger partial charge in [-0.05, 0) is 53.8 Å². The molecular formula is C22H16F4N2OS. The number of alkyl halides is 3. The van der Waals surface area contributed by atoms with E-state index >= 15 is 0 Å². The first kappa shape index (κ1) is 21.7. The Morgan fingerprint density at radius 2 is 1.73 bits per heavy atom. The molecule has 30 heavy (non-hydrogen) atoms. The summed E-state index contributed by atoms with van der Waals surface area (Å²) in [5.41, 5.74) is -0.0790. The Hall–Kier alpha value is -3.05. The molecule has 0 saturated heterocycles. The van der Waals surface area contributed by atoms with Gasteiger partial charge in [0.15, 0.2) is 0 Å². The maximum atomic E-state index is 13.5. The number of hydrogen-bond donors (Lipinski definition) is 0. The molecule has 2 aromatic carbocycles. The number of aromatic nitrogens is 1. The van der Waals surface area contributed by atoms with Crippen LogP contribution in [0.25, 0.3) is 11.3 Å². The number of hydrogen-bond acceptors (Lipinski definition) is 4. The Balaban J connectivity index is 1.87. The van der Waals surface area contributed by atoms with Gasteiger partial charge in [0.1, 0.15) is 29.3 Å². The van der Waals surface area contributed by atoms with Gasteiger partial charge in [0.25, 0.3) is 0 Å². The topological polar surface area (TPSA) is 45.9 Å². The number of thioether (sulfide) groups is 1. The first-order valence-corrected chi connectivity index (χ1v) is 9.93. The molecule has 3 aromatic rings. The predicted octanol–water partition coefficient (Wildman–Crippen LogP) is 6.47. The minimum Gasteiger partial charge on any atom is -0.489 e. The number of nitrogens with zero attached hydrogens (tertiary/aromatic N) is 2. The van der Waals surface area contributed by atoms with Crippen molar-refractivity contribution in [1.82, 2.24) is 4.98 Å². The molecule has 0 aliphatic carbocycles. The van der Waals surface area contributed by atoms with Gasteiger partial charge in [-0.25, -0.2) is 9.37 Å². The second-order valence-electron chi connectivity index (χ2n) is 6.22. The van der Waals surface area contributed by atoms with E-state index in [1.54, 1.807) is 49.4 Å². The van der Waals surface area contributed by atoms with Gasteiger partial charge in [-0.1, -0.05) is 19.1 Å². The van der Waals surface area contributed by atoms with E-state index in [1.807, 2.05) is 0 Å². The van der Waals surface area contributed by atoms with Crippen molar-refractivity contribution >= 4 is 11.8 Å². The molecular weight excluding hydrogens is 416 g/mol. The van der Waals surface area contributed by atoms with Crippen molar-refractivity contribution in [1.29, 1.82) is 5.26 Å². The highest BCUT2D eigenvalue weighted by molar-refractivity contribution is 7.99. The van der Waals surface area contributed by atoms with Gasteiger partial charge in [-0.2, -0.15) is 18.4 Å². The van der Waals surface area contributed by atoms with Gasteiger partial charge in [0.2, 0.25) is 0 Å². The largest absolute Gasteiger partial charge is 0.489 e. The van der Waals surface area contributed by atoms with E-state index in [-0.39, 0.29) is 23.1 Å². The molecule has 0 N–H and O–H groups in total. The highest BCUT2D eigenvalue weighted by Gasteiger charge is 2.36. The van der Waals surface area contributed by atoms with Crippen LogP contribution >= 0.6 is 11.8 Å². The van der Waals surface area contributed by atoms with Crippen LogP contribution in [0.15, 0.2) is 59.6 Å². The smallest absolute Gasteiger partial charge is 0.417 e. The summed E-state index contributed by atoms with van der Waals surface area (Å²) in [6.45, 7) is 2.00. The zero-order chi connectivity index (χ0) is 21.7. The lowest BCUT2D eigenvalue weighted by atomic mass is 10.1. The quantitative estimate of drug-likeness (QED) is 0.331. The number of halogens is 4. The second-order valence-corrected chi connectivity index (χ2v) is 7.47. The van der Waals surface area contributed by atoms with Gasteiger partial charge in [-0.3, -0.25) is 0 Å². The lowest BCUT2D eigenvalue weighted by Crippen LogP contribution is -2.10. The summed E-state index contributed by atoms with van der Waals surface area (Å²) >= 11 is 1.09. The third-order valence-corrected chi connectivity index (χ3v) is 5.01. The van der Waals surface area contributed by atoms with Crippen LogP contribution in [0.5, 0.6) is 5.75 Å². The first-order chi connectivity index (χ1) is 14.3. The minimum atomic E-state index is -4.66. The van der Waals surface area contributed by atoms with E-state index in [2.05, 4.69) is 4.98 Å². The molecule has 0 unspecified atom stereocenters. The predicted molar refractivity (Wildman–Crippen MR) is 107 cm³/mol. The molecule has 1 heterocycles. The zero-order valence-electron chi connectivity index (χ0n) is 15.8. The fourth-order valence-electron chi connectivity index (χ4n) is 2.71. The van der Waals surface area contributed by atoms with E-state index in [9.17, 15) is 22.8 Å². The van der Waals surface area contributed by atoms with Crippen LogP contribution in [0.2, 0.25) is 0 Å². The maximum Gasteiger partial charge on any atom is 0.417 e. The van der Waals surface area contributed by atoms with Crippen LogP contribution in [0.3, 0.4) is 0 Å². The summed E-state index contributed by atoms with van der Waals surface area (Å²) in [4.78, 5) is 4.27. The third-order valence-electron chi connectivity index (χ3n) is 4.15. The molecule has 0 aliphatic heterocycles. The monoisotopic (exact) mass is 432 g/mol. The molecule has 0 aliphatic rings. The molecule has 0 spiro atoms. The van der Waals surface area contributed by atoms with Crippen molar-refractivity contribution < 1.29 is 22.3 Å². The molecule has 1 aromatic heterocycles. The van der Waals surface area contributed by atoms with Crippen molar-refractivity contribution in [3.63, 3.8) is 0 Å². The molecule has 0 amide bonds. The normalized spacial score (nSPS) is 11.2. The highest BCUT2D eigenvalue weighted by Crippen LogP contribution is 2.38. The molecule has 8 heteroatoms.